The smallest absolute Gasteiger partial charge is 0.267 e. The first-order valence-electron chi connectivity index (χ1n) is 20.3. The van der Waals surface area contributed by atoms with E-state index in [1.165, 1.54) is 22.3 Å². The van der Waals surface area contributed by atoms with Gasteiger partial charge >= 0.3 is 0 Å². The fourth-order valence-electron chi connectivity index (χ4n) is 8.12. The van der Waals surface area contributed by atoms with E-state index in [1.807, 2.05) is 35.0 Å². The van der Waals surface area contributed by atoms with Gasteiger partial charge in [-0.1, -0.05) is 145 Å². The summed E-state index contributed by atoms with van der Waals surface area (Å²) in [7, 11) is 0. The second-order valence-corrected chi connectivity index (χ2v) is 17.4. The molecule has 60 heavy (non-hydrogen) atoms. The van der Waals surface area contributed by atoms with Gasteiger partial charge in [0.2, 0.25) is 0 Å². The predicted molar refractivity (Wildman–Crippen MR) is 238 cm³/mol. The van der Waals surface area contributed by atoms with E-state index in [1.54, 1.807) is 0 Å². The van der Waals surface area contributed by atoms with Gasteiger partial charge in [0, 0.05) is 61.3 Å². The van der Waals surface area contributed by atoms with Gasteiger partial charge in [-0.15, -0.1) is 29.7 Å². The van der Waals surface area contributed by atoms with Crippen LogP contribution in [0.1, 0.15) is 76.4 Å². The number of hydrogen-bond acceptors (Lipinski definition) is 2. The molecule has 0 atom stereocenters. The van der Waals surface area contributed by atoms with Crippen molar-refractivity contribution in [3.05, 3.63) is 210 Å². The van der Waals surface area contributed by atoms with E-state index in [2.05, 4.69) is 210 Å². The Labute approximate surface area is 368 Å². The first-order valence-corrected chi connectivity index (χ1v) is 20.3. The van der Waals surface area contributed by atoms with Gasteiger partial charge < -0.3 is 13.9 Å². The summed E-state index contributed by atoms with van der Waals surface area (Å²) >= 11 is 0. The Hall–Kier alpha value is -6.03. The molecule has 0 unspecified atom stereocenters. The van der Waals surface area contributed by atoms with Gasteiger partial charge in [-0.3, -0.25) is 4.57 Å². The number of imidazole rings is 1. The molecule has 6 aromatic carbocycles. The molecule has 0 fully saturated rings. The molecular formula is C54H48N4OPt-2. The van der Waals surface area contributed by atoms with Crippen molar-refractivity contribution < 1.29 is 30.4 Å². The van der Waals surface area contributed by atoms with E-state index in [9.17, 15) is 0 Å². The predicted octanol–water partition coefficient (Wildman–Crippen LogP) is 12.4. The molecule has 302 valence electrons. The molecule has 9 rings (SSSR count). The van der Waals surface area contributed by atoms with Crippen LogP contribution in [0.2, 0.25) is 0 Å². The van der Waals surface area contributed by atoms with E-state index in [0.29, 0.717) is 11.5 Å². The van der Waals surface area contributed by atoms with Gasteiger partial charge in [-0.05, 0) is 69.1 Å². The van der Waals surface area contributed by atoms with Crippen molar-refractivity contribution in [2.75, 3.05) is 0 Å². The van der Waals surface area contributed by atoms with E-state index in [4.69, 9.17) is 9.72 Å². The summed E-state index contributed by atoms with van der Waals surface area (Å²) in [4.78, 5) is 4.84. The van der Waals surface area contributed by atoms with Crippen LogP contribution < -0.4 is 9.30 Å². The Bertz CT molecular complexity index is 2950. The minimum atomic E-state index is -0.355. The van der Waals surface area contributed by atoms with E-state index >= 15 is 0 Å². The number of ether oxygens (including phenoxy) is 1. The molecule has 0 aliphatic heterocycles. The number of rotatable bonds is 9. The van der Waals surface area contributed by atoms with E-state index in [0.717, 1.165) is 44.7 Å². The first kappa shape index (κ1) is 40.7. The molecule has 0 saturated carbocycles. The van der Waals surface area contributed by atoms with Crippen LogP contribution in [0, 0.1) is 18.5 Å². The molecule has 3 heterocycles. The SMILES string of the molecule is CC(C)(C)c1ccnc(-n2c3[c-]c(Oc4[c-]c(-n5[c-][n+](-c6cccc(C(C)(C)c7ccccc7)c6)c(C(C)(C)c6ccccc6)c5)ccc4)ccc3c3ccccc32)c1.[Pt]. The molecule has 3 aromatic heterocycles. The molecule has 0 N–H and O–H groups in total. The van der Waals surface area contributed by atoms with E-state index in [-0.39, 0.29) is 37.3 Å². The Morgan fingerprint density at radius 3 is 1.95 bits per heavy atom. The second-order valence-electron chi connectivity index (χ2n) is 17.4. The van der Waals surface area contributed by atoms with Crippen molar-refractivity contribution in [3.8, 4) is 28.7 Å². The number of para-hydroxylation sites is 1. The summed E-state index contributed by atoms with van der Waals surface area (Å²) in [5.74, 6) is 2.03. The van der Waals surface area contributed by atoms with Gasteiger partial charge in [0.25, 0.3) is 6.33 Å². The zero-order valence-corrected chi connectivity index (χ0v) is 37.4. The number of nitrogens with zero attached hydrogens (tertiary/aromatic N) is 4. The molecule has 5 nitrogen and oxygen atoms in total. The van der Waals surface area contributed by atoms with Gasteiger partial charge in [-0.2, -0.15) is 18.2 Å². The molecular weight excluding hydrogens is 916 g/mol. The zero-order chi connectivity index (χ0) is 40.9. The summed E-state index contributed by atoms with van der Waals surface area (Å²) in [5, 5.41) is 2.23. The molecule has 0 spiro atoms. The third kappa shape index (κ3) is 7.52. The quantitative estimate of drug-likeness (QED) is 0.107. The number of aromatic nitrogens is 4. The van der Waals surface area contributed by atoms with Crippen molar-refractivity contribution in [1.82, 2.24) is 14.1 Å². The van der Waals surface area contributed by atoms with Crippen LogP contribution in [-0.4, -0.2) is 14.1 Å². The third-order valence-corrected chi connectivity index (χ3v) is 11.8. The maximum atomic E-state index is 6.59. The van der Waals surface area contributed by atoms with Gasteiger partial charge in [0.05, 0.1) is 11.4 Å². The maximum absolute atomic E-state index is 6.59. The first-order chi connectivity index (χ1) is 28.4. The Balaban J connectivity index is 0.00000499. The maximum Gasteiger partial charge on any atom is 0.267 e. The van der Waals surface area contributed by atoms with Crippen LogP contribution in [0.4, 0.5) is 0 Å². The molecule has 6 heteroatoms. The van der Waals surface area contributed by atoms with Gasteiger partial charge in [0.1, 0.15) is 5.82 Å². The fourth-order valence-corrected chi connectivity index (χ4v) is 8.12. The molecule has 0 aliphatic rings. The van der Waals surface area contributed by atoms with Crippen LogP contribution in [0.5, 0.6) is 11.5 Å². The van der Waals surface area contributed by atoms with E-state index < -0.39 is 0 Å². The summed E-state index contributed by atoms with van der Waals surface area (Å²) in [6.45, 7) is 15.8. The van der Waals surface area contributed by atoms with Crippen LogP contribution >= 0.6 is 0 Å². The van der Waals surface area contributed by atoms with Crippen molar-refractivity contribution >= 4 is 21.8 Å². The third-order valence-electron chi connectivity index (χ3n) is 11.8. The topological polar surface area (TPSA) is 35.9 Å². The van der Waals surface area contributed by atoms with Crippen LogP contribution in [0.25, 0.3) is 39.0 Å². The Kier molecular flexibility index (Phi) is 10.8. The summed E-state index contributed by atoms with van der Waals surface area (Å²) in [5.41, 5.74) is 9.27. The fraction of sp³-hybridized carbons (Fsp3) is 0.185. The monoisotopic (exact) mass is 963 g/mol. The number of fused-ring (bicyclic) bond motifs is 3. The zero-order valence-electron chi connectivity index (χ0n) is 35.1. The van der Waals surface area contributed by atoms with Gasteiger partial charge in [-0.25, -0.2) is 4.98 Å². The van der Waals surface area contributed by atoms with Gasteiger partial charge in [0.15, 0.2) is 0 Å². The average molecular weight is 964 g/mol. The molecule has 0 radical (unpaired) electrons. The minimum Gasteiger partial charge on any atom is -0.510 e. The average Bonchev–Trinajstić information content (AvgIpc) is 3.85. The summed E-state index contributed by atoms with van der Waals surface area (Å²) in [6.07, 6.45) is 7.78. The second kappa shape index (κ2) is 15.9. The molecule has 0 bridgehead atoms. The van der Waals surface area contributed by atoms with Crippen molar-refractivity contribution in [3.63, 3.8) is 0 Å². The Morgan fingerprint density at radius 1 is 0.567 bits per heavy atom. The number of benzene rings is 6. The summed E-state index contributed by atoms with van der Waals surface area (Å²) in [6, 6.07) is 60.2. The van der Waals surface area contributed by atoms with Crippen LogP contribution in [0.15, 0.2) is 164 Å². The molecule has 0 saturated heterocycles. The van der Waals surface area contributed by atoms with Crippen molar-refractivity contribution in [2.24, 2.45) is 0 Å². The normalized spacial score (nSPS) is 12.1. The number of hydrogen-bond donors (Lipinski definition) is 0. The molecule has 0 aliphatic carbocycles. The molecule has 0 amide bonds. The van der Waals surface area contributed by atoms with Crippen molar-refractivity contribution in [2.45, 2.75) is 64.7 Å². The minimum absolute atomic E-state index is 0. The standard InChI is InChI=1S/C54H48N4O.Pt/c1-52(2,3)40-30-31-55-51(33-40)58-48-27-15-14-26-46(48)47-29-28-45(35-49(47)58)59-44-25-17-23-42(34-44)56-36-50(54(6,7)39-20-12-9-13-21-39)57(37-56)43-24-16-22-41(32-43)53(4,5)38-18-10-8-11-19-38;/h8-33,36H,1-7H3;/q-2;. The number of pyridine rings is 1. The van der Waals surface area contributed by atoms with Crippen LogP contribution in [0.3, 0.4) is 0 Å². The molecule has 9 aromatic rings. The van der Waals surface area contributed by atoms with Crippen molar-refractivity contribution in [1.29, 1.82) is 0 Å². The Morgan fingerprint density at radius 2 is 1.22 bits per heavy atom. The summed E-state index contributed by atoms with van der Waals surface area (Å²) < 4.78 is 13.0. The largest absolute Gasteiger partial charge is 0.510 e. The van der Waals surface area contributed by atoms with Crippen LogP contribution in [-0.2, 0) is 37.3 Å².